The van der Waals surface area contributed by atoms with Crippen molar-refractivity contribution in [3.05, 3.63) is 48.0 Å². The average molecular weight is 224 g/mol. The van der Waals surface area contributed by atoms with E-state index < -0.39 is 0 Å². The van der Waals surface area contributed by atoms with E-state index in [-0.39, 0.29) is 0 Å². The lowest BCUT2D eigenvalue weighted by Gasteiger charge is -2.13. The Morgan fingerprint density at radius 1 is 1.00 bits per heavy atom. The van der Waals surface area contributed by atoms with Crippen LogP contribution >= 0.6 is 0 Å². The van der Waals surface area contributed by atoms with Gasteiger partial charge in [0, 0.05) is 33.3 Å². The van der Waals surface area contributed by atoms with Gasteiger partial charge in [0.05, 0.1) is 0 Å². The number of nitrogens with two attached hydrogens (primary N) is 2. The molecule has 0 saturated carbocycles. The van der Waals surface area contributed by atoms with Crippen molar-refractivity contribution in [3.63, 3.8) is 0 Å². The Kier molecular flexibility index (Phi) is 2.88. The molecule has 2 aromatic carbocycles. The van der Waals surface area contributed by atoms with E-state index in [1.807, 2.05) is 43.3 Å². The van der Waals surface area contributed by atoms with Gasteiger partial charge in [-0.25, -0.2) is 0 Å². The summed E-state index contributed by atoms with van der Waals surface area (Å²) in [6.45, 7) is 5.77. The molecule has 0 heterocycles. The first-order valence-corrected chi connectivity index (χ1v) is 5.55. The fraction of sp³-hybridized carbons (Fsp3) is 0.0667. The van der Waals surface area contributed by atoms with Crippen molar-refractivity contribution in [1.82, 2.24) is 0 Å². The third kappa shape index (κ3) is 1.68. The van der Waals surface area contributed by atoms with Gasteiger partial charge in [0.15, 0.2) is 0 Å². The molecule has 0 aliphatic heterocycles. The van der Waals surface area contributed by atoms with Crippen molar-refractivity contribution >= 4 is 34.3 Å². The summed E-state index contributed by atoms with van der Waals surface area (Å²) in [5, 5.41) is 1.97. The van der Waals surface area contributed by atoms with Crippen molar-refractivity contribution in [3.8, 4) is 0 Å². The monoisotopic (exact) mass is 224 g/mol. The minimum absolute atomic E-state index is 0.734. The first-order valence-electron chi connectivity index (χ1n) is 5.55. The van der Waals surface area contributed by atoms with E-state index >= 15 is 0 Å². The summed E-state index contributed by atoms with van der Waals surface area (Å²) in [6.07, 6.45) is 5.68. The Hall–Kier alpha value is -2.22. The van der Waals surface area contributed by atoms with Crippen LogP contribution in [0.4, 0.5) is 11.4 Å². The zero-order chi connectivity index (χ0) is 12.4. The lowest BCUT2D eigenvalue weighted by molar-refractivity contribution is 1.62. The molecular formula is C15H16N2. The molecule has 86 valence electrons. The second-order valence-electron chi connectivity index (χ2n) is 3.90. The minimum atomic E-state index is 0.734. The van der Waals surface area contributed by atoms with Gasteiger partial charge in [0.2, 0.25) is 0 Å². The van der Waals surface area contributed by atoms with Crippen molar-refractivity contribution in [1.29, 1.82) is 0 Å². The largest absolute Gasteiger partial charge is 0.398 e. The summed E-state index contributed by atoms with van der Waals surface area (Å²) >= 11 is 0. The van der Waals surface area contributed by atoms with Crippen LogP contribution in [0.1, 0.15) is 18.1 Å². The maximum atomic E-state index is 6.20. The normalized spacial score (nSPS) is 11.1. The van der Waals surface area contributed by atoms with Gasteiger partial charge < -0.3 is 11.5 Å². The molecule has 0 spiro atoms. The van der Waals surface area contributed by atoms with E-state index in [2.05, 4.69) is 6.58 Å². The quantitative estimate of drug-likeness (QED) is 0.764. The lowest BCUT2D eigenvalue weighted by Crippen LogP contribution is -2.00. The second-order valence-corrected chi connectivity index (χ2v) is 3.90. The van der Waals surface area contributed by atoms with Gasteiger partial charge in [-0.2, -0.15) is 0 Å². The van der Waals surface area contributed by atoms with Crippen molar-refractivity contribution < 1.29 is 0 Å². The molecule has 0 amide bonds. The van der Waals surface area contributed by atoms with Crippen LogP contribution in [0.5, 0.6) is 0 Å². The van der Waals surface area contributed by atoms with Gasteiger partial charge in [-0.1, -0.05) is 49.1 Å². The van der Waals surface area contributed by atoms with Gasteiger partial charge >= 0.3 is 0 Å². The van der Waals surface area contributed by atoms with E-state index in [4.69, 9.17) is 11.5 Å². The molecule has 0 bridgehead atoms. The molecule has 2 nitrogen and oxygen atoms in total. The van der Waals surface area contributed by atoms with Crippen LogP contribution in [0.3, 0.4) is 0 Å². The van der Waals surface area contributed by atoms with Crippen LogP contribution < -0.4 is 11.5 Å². The Morgan fingerprint density at radius 3 is 2.00 bits per heavy atom. The topological polar surface area (TPSA) is 52.0 Å². The van der Waals surface area contributed by atoms with Crippen LogP contribution in [-0.4, -0.2) is 0 Å². The molecule has 17 heavy (non-hydrogen) atoms. The summed E-state index contributed by atoms with van der Waals surface area (Å²) in [6, 6.07) is 7.89. The van der Waals surface area contributed by atoms with Crippen LogP contribution in [-0.2, 0) is 0 Å². The summed E-state index contributed by atoms with van der Waals surface area (Å²) < 4.78 is 0. The minimum Gasteiger partial charge on any atom is -0.398 e. The maximum absolute atomic E-state index is 6.20. The molecule has 2 rings (SSSR count). The number of hydrogen-bond donors (Lipinski definition) is 2. The molecule has 2 heteroatoms. The van der Waals surface area contributed by atoms with E-state index in [1.165, 1.54) is 0 Å². The Balaban J connectivity index is 2.98. The molecule has 0 unspecified atom stereocenters. The van der Waals surface area contributed by atoms with E-state index in [0.717, 1.165) is 33.3 Å². The first-order chi connectivity index (χ1) is 8.20. The van der Waals surface area contributed by atoms with Crippen LogP contribution in [0.15, 0.2) is 36.9 Å². The highest BCUT2D eigenvalue weighted by Gasteiger charge is 2.11. The molecule has 0 fully saturated rings. The van der Waals surface area contributed by atoms with Crippen LogP contribution in [0.25, 0.3) is 22.9 Å². The van der Waals surface area contributed by atoms with Gasteiger partial charge in [-0.15, -0.1) is 0 Å². The summed E-state index contributed by atoms with van der Waals surface area (Å²) in [4.78, 5) is 0. The van der Waals surface area contributed by atoms with Crippen molar-refractivity contribution in [2.24, 2.45) is 0 Å². The number of rotatable bonds is 2. The fourth-order valence-electron chi connectivity index (χ4n) is 2.10. The molecule has 2 aromatic rings. The Bertz CT molecular complexity index is 610. The lowest BCUT2D eigenvalue weighted by atomic mass is 9.95. The van der Waals surface area contributed by atoms with Gasteiger partial charge in [-0.05, 0) is 6.92 Å². The third-order valence-corrected chi connectivity index (χ3v) is 2.92. The number of benzene rings is 2. The zero-order valence-corrected chi connectivity index (χ0v) is 9.90. The predicted octanol–water partition coefficient (Wildman–Crippen LogP) is 3.68. The molecular weight excluding hydrogens is 208 g/mol. The smallest absolute Gasteiger partial charge is 0.0474 e. The SMILES string of the molecule is C=Cc1c(/C=C\C)c(N)c2ccccc2c1N. The fourth-order valence-corrected chi connectivity index (χ4v) is 2.10. The average Bonchev–Trinajstić information content (AvgIpc) is 2.36. The van der Waals surface area contributed by atoms with Crippen molar-refractivity contribution in [2.45, 2.75) is 6.92 Å². The van der Waals surface area contributed by atoms with Gasteiger partial charge in [0.25, 0.3) is 0 Å². The Labute approximate surface area is 101 Å². The molecule has 0 aromatic heterocycles. The Morgan fingerprint density at radius 2 is 1.53 bits per heavy atom. The number of allylic oxidation sites excluding steroid dienone is 1. The number of fused-ring (bicyclic) bond motifs is 1. The predicted molar refractivity (Wildman–Crippen MR) is 77.6 cm³/mol. The maximum Gasteiger partial charge on any atom is 0.0474 e. The number of nitrogen functional groups attached to an aromatic ring is 2. The second kappa shape index (κ2) is 4.34. The van der Waals surface area contributed by atoms with E-state index in [9.17, 15) is 0 Å². The highest BCUT2D eigenvalue weighted by atomic mass is 14.6. The summed E-state index contributed by atoms with van der Waals surface area (Å²) in [5.74, 6) is 0. The summed E-state index contributed by atoms with van der Waals surface area (Å²) in [5.41, 5.74) is 15.7. The molecule has 0 radical (unpaired) electrons. The summed E-state index contributed by atoms with van der Waals surface area (Å²) in [7, 11) is 0. The number of hydrogen-bond acceptors (Lipinski definition) is 2. The molecule has 0 atom stereocenters. The van der Waals surface area contributed by atoms with E-state index in [0.29, 0.717) is 0 Å². The number of anilines is 2. The third-order valence-electron chi connectivity index (χ3n) is 2.92. The molecule has 0 aliphatic carbocycles. The van der Waals surface area contributed by atoms with Crippen LogP contribution in [0.2, 0.25) is 0 Å². The molecule has 4 N–H and O–H groups in total. The molecule has 0 saturated heterocycles. The molecule has 0 aliphatic rings. The standard InChI is InChI=1S/C15H16N2/c1-3-7-11-10(4-2)14(16)12-8-5-6-9-13(12)15(11)17/h3-9H,2,16-17H2,1H3/b7-3-. The van der Waals surface area contributed by atoms with Crippen LogP contribution in [0, 0.1) is 0 Å². The van der Waals surface area contributed by atoms with E-state index in [1.54, 1.807) is 6.08 Å². The zero-order valence-electron chi connectivity index (χ0n) is 9.90. The van der Waals surface area contributed by atoms with Crippen molar-refractivity contribution in [2.75, 3.05) is 11.5 Å². The van der Waals surface area contributed by atoms with Gasteiger partial charge in [-0.3, -0.25) is 0 Å². The van der Waals surface area contributed by atoms with Gasteiger partial charge in [0.1, 0.15) is 0 Å². The highest BCUT2D eigenvalue weighted by molar-refractivity contribution is 6.07. The first kappa shape index (κ1) is 11.3. The highest BCUT2D eigenvalue weighted by Crippen LogP contribution is 2.35.